The molecule has 0 amide bonds. The first-order chi connectivity index (χ1) is 12.2. The zero-order valence-electron chi connectivity index (χ0n) is 14.2. The predicted molar refractivity (Wildman–Crippen MR) is 102 cm³/mol. The third kappa shape index (κ3) is 3.18. The van der Waals surface area contributed by atoms with Crippen LogP contribution in [0.2, 0.25) is 0 Å². The zero-order chi connectivity index (χ0) is 17.2. The first kappa shape index (κ1) is 15.9. The molecule has 0 aliphatic heterocycles. The van der Waals surface area contributed by atoms with Crippen LogP contribution >= 0.6 is 11.3 Å². The summed E-state index contributed by atoms with van der Waals surface area (Å²) in [6.45, 7) is 1.95. The first-order valence-electron chi connectivity index (χ1n) is 8.16. The van der Waals surface area contributed by atoms with Crippen molar-refractivity contribution in [3.63, 3.8) is 0 Å². The highest BCUT2D eigenvalue weighted by Crippen LogP contribution is 2.34. The highest BCUT2D eigenvalue weighted by atomic mass is 32.1. The Morgan fingerprint density at radius 2 is 2.12 bits per heavy atom. The maximum atomic E-state index is 4.86. The molecule has 3 aromatic heterocycles. The number of thiophene rings is 1. The van der Waals surface area contributed by atoms with Crippen molar-refractivity contribution in [3.05, 3.63) is 29.6 Å². The predicted octanol–water partition coefficient (Wildman–Crippen LogP) is 2.99. The van der Waals surface area contributed by atoms with Gasteiger partial charge in [0.1, 0.15) is 5.82 Å². The maximum absolute atomic E-state index is 4.86. The zero-order valence-corrected chi connectivity index (χ0v) is 15.0. The van der Waals surface area contributed by atoms with Crippen molar-refractivity contribution >= 4 is 38.1 Å². The van der Waals surface area contributed by atoms with Crippen molar-refractivity contribution in [2.45, 2.75) is 6.42 Å². The van der Waals surface area contributed by atoms with E-state index in [1.54, 1.807) is 11.3 Å². The number of aromatic amines is 1. The molecule has 2 N–H and O–H groups in total. The molecule has 0 fully saturated rings. The van der Waals surface area contributed by atoms with Gasteiger partial charge in [0.25, 0.3) is 0 Å². The molecular weight excluding hydrogens is 334 g/mol. The topological polar surface area (TPSA) is 82.6 Å². The molecule has 0 spiro atoms. The standard InChI is InChI=1S/C17H19N7S/c1-24(2)8-3-7-18-17-13-6-9-25-15(13)12-5-4-11(10-14(12)19-17)16-20-22-23-21-16/h4-6,9-10H,3,7-8H2,1-2H3,(H,18,19)(H,20,21,22,23). The number of H-pyrrole nitrogens is 1. The Morgan fingerprint density at radius 3 is 2.92 bits per heavy atom. The van der Waals surface area contributed by atoms with E-state index in [0.29, 0.717) is 5.82 Å². The third-order valence-electron chi connectivity index (χ3n) is 4.09. The molecule has 128 valence electrons. The number of tetrazole rings is 1. The van der Waals surface area contributed by atoms with E-state index in [2.05, 4.69) is 62.4 Å². The number of nitrogens with one attached hydrogen (secondary N) is 2. The van der Waals surface area contributed by atoms with Crippen molar-refractivity contribution in [1.82, 2.24) is 30.5 Å². The Morgan fingerprint density at radius 1 is 1.20 bits per heavy atom. The van der Waals surface area contributed by atoms with E-state index in [1.807, 2.05) is 12.1 Å². The molecule has 0 aliphatic carbocycles. The summed E-state index contributed by atoms with van der Waals surface area (Å²) in [5.41, 5.74) is 1.87. The first-order valence-corrected chi connectivity index (χ1v) is 9.04. The van der Waals surface area contributed by atoms with E-state index < -0.39 is 0 Å². The fourth-order valence-electron chi connectivity index (χ4n) is 2.87. The number of pyridine rings is 1. The molecule has 4 aromatic rings. The minimum Gasteiger partial charge on any atom is -0.369 e. The van der Waals surface area contributed by atoms with Gasteiger partial charge in [-0.2, -0.15) is 0 Å². The molecule has 0 atom stereocenters. The van der Waals surface area contributed by atoms with Crippen molar-refractivity contribution in [2.24, 2.45) is 0 Å². The molecule has 0 radical (unpaired) electrons. The third-order valence-corrected chi connectivity index (χ3v) is 5.04. The van der Waals surface area contributed by atoms with Crippen LogP contribution in [-0.2, 0) is 0 Å². The Bertz CT molecular complexity index is 991. The molecule has 4 rings (SSSR count). The van der Waals surface area contributed by atoms with Crippen molar-refractivity contribution in [1.29, 1.82) is 0 Å². The van der Waals surface area contributed by atoms with Crippen molar-refractivity contribution in [2.75, 3.05) is 32.5 Å². The van der Waals surface area contributed by atoms with Gasteiger partial charge in [0.15, 0.2) is 5.82 Å². The lowest BCUT2D eigenvalue weighted by Gasteiger charge is -2.12. The average Bonchev–Trinajstić information content (AvgIpc) is 3.29. The number of aromatic nitrogens is 5. The lowest BCUT2D eigenvalue weighted by Crippen LogP contribution is -2.16. The van der Waals surface area contributed by atoms with Gasteiger partial charge in [-0.05, 0) is 55.0 Å². The molecule has 0 aliphatic rings. The SMILES string of the molecule is CN(C)CCCNc1nc2cc(-c3nnn[nH]3)ccc2c2sccc12. The van der Waals surface area contributed by atoms with E-state index in [9.17, 15) is 0 Å². The molecular formula is C17H19N7S. The molecule has 8 heteroatoms. The van der Waals surface area contributed by atoms with Crippen LogP contribution in [0, 0.1) is 0 Å². The van der Waals surface area contributed by atoms with Crippen LogP contribution in [0.3, 0.4) is 0 Å². The molecule has 0 saturated heterocycles. The molecule has 0 saturated carbocycles. The van der Waals surface area contributed by atoms with Gasteiger partial charge in [0.2, 0.25) is 0 Å². The molecule has 0 bridgehead atoms. The minimum atomic E-state index is 0.649. The Kier molecular flexibility index (Phi) is 4.29. The second-order valence-electron chi connectivity index (χ2n) is 6.19. The molecule has 0 unspecified atom stereocenters. The number of rotatable bonds is 6. The number of nitrogens with zero attached hydrogens (tertiary/aromatic N) is 5. The molecule has 3 heterocycles. The van der Waals surface area contributed by atoms with Crippen molar-refractivity contribution in [3.8, 4) is 11.4 Å². The van der Waals surface area contributed by atoms with E-state index in [-0.39, 0.29) is 0 Å². The van der Waals surface area contributed by atoms with Gasteiger partial charge in [-0.1, -0.05) is 12.1 Å². The van der Waals surface area contributed by atoms with Gasteiger partial charge in [-0.25, -0.2) is 10.1 Å². The quantitative estimate of drug-likeness (QED) is 0.519. The van der Waals surface area contributed by atoms with Crippen LogP contribution in [-0.4, -0.2) is 57.7 Å². The summed E-state index contributed by atoms with van der Waals surface area (Å²) in [5.74, 6) is 1.59. The average molecular weight is 353 g/mol. The van der Waals surface area contributed by atoms with E-state index in [4.69, 9.17) is 4.98 Å². The summed E-state index contributed by atoms with van der Waals surface area (Å²) in [6, 6.07) is 8.28. The smallest absolute Gasteiger partial charge is 0.179 e. The van der Waals surface area contributed by atoms with Gasteiger partial charge in [-0.3, -0.25) is 0 Å². The largest absolute Gasteiger partial charge is 0.369 e. The number of benzene rings is 1. The highest BCUT2D eigenvalue weighted by molar-refractivity contribution is 7.18. The number of anilines is 1. The van der Waals surface area contributed by atoms with E-state index in [0.717, 1.165) is 41.8 Å². The van der Waals surface area contributed by atoms with Crippen molar-refractivity contribution < 1.29 is 0 Å². The fourth-order valence-corrected chi connectivity index (χ4v) is 3.80. The molecule has 25 heavy (non-hydrogen) atoms. The van der Waals surface area contributed by atoms with E-state index in [1.165, 1.54) is 10.1 Å². The maximum Gasteiger partial charge on any atom is 0.179 e. The molecule has 7 nitrogen and oxygen atoms in total. The Hall–Kier alpha value is -2.58. The second kappa shape index (κ2) is 6.73. The van der Waals surface area contributed by atoms with Gasteiger partial charge in [0, 0.05) is 27.6 Å². The summed E-state index contributed by atoms with van der Waals surface area (Å²) in [6.07, 6.45) is 1.07. The van der Waals surface area contributed by atoms with E-state index >= 15 is 0 Å². The monoisotopic (exact) mass is 353 g/mol. The van der Waals surface area contributed by atoms with Crippen LogP contribution in [0.25, 0.3) is 32.4 Å². The second-order valence-corrected chi connectivity index (χ2v) is 7.11. The van der Waals surface area contributed by atoms with Crippen LogP contribution in [0.15, 0.2) is 29.6 Å². The van der Waals surface area contributed by atoms with Crippen LogP contribution < -0.4 is 5.32 Å². The van der Waals surface area contributed by atoms with Gasteiger partial charge >= 0.3 is 0 Å². The van der Waals surface area contributed by atoms with Crippen LogP contribution in [0.5, 0.6) is 0 Å². The number of hydrogen-bond acceptors (Lipinski definition) is 7. The lowest BCUT2D eigenvalue weighted by atomic mass is 10.1. The highest BCUT2D eigenvalue weighted by Gasteiger charge is 2.11. The van der Waals surface area contributed by atoms with Gasteiger partial charge in [0.05, 0.1) is 5.52 Å². The normalized spacial score (nSPS) is 11.6. The summed E-state index contributed by atoms with van der Waals surface area (Å²) >= 11 is 1.74. The number of fused-ring (bicyclic) bond motifs is 3. The number of hydrogen-bond donors (Lipinski definition) is 2. The summed E-state index contributed by atoms with van der Waals surface area (Å²) in [5, 5.41) is 22.0. The lowest BCUT2D eigenvalue weighted by molar-refractivity contribution is 0.405. The Balaban J connectivity index is 1.72. The Labute approximate surface area is 149 Å². The summed E-state index contributed by atoms with van der Waals surface area (Å²) in [7, 11) is 4.18. The minimum absolute atomic E-state index is 0.649. The van der Waals surface area contributed by atoms with Gasteiger partial charge in [-0.15, -0.1) is 16.4 Å². The van der Waals surface area contributed by atoms with Crippen LogP contribution in [0.1, 0.15) is 6.42 Å². The summed E-state index contributed by atoms with van der Waals surface area (Å²) < 4.78 is 1.25. The summed E-state index contributed by atoms with van der Waals surface area (Å²) in [4.78, 5) is 7.05. The van der Waals surface area contributed by atoms with Crippen LogP contribution in [0.4, 0.5) is 5.82 Å². The van der Waals surface area contributed by atoms with Gasteiger partial charge < -0.3 is 10.2 Å². The molecule has 1 aromatic carbocycles. The fraction of sp³-hybridized carbons (Fsp3) is 0.294.